The molecule has 2 aromatic rings. The number of hydrogen-bond acceptors (Lipinski definition) is 3. The largest absolute Gasteiger partial charge is 0.464 e. The minimum Gasteiger partial charge on any atom is -0.464 e. The van der Waals surface area contributed by atoms with Gasteiger partial charge in [0.15, 0.2) is 5.69 Å². The molecular formula is C12H11ClN2O2. The molecule has 4 nitrogen and oxygen atoms in total. The van der Waals surface area contributed by atoms with Crippen LogP contribution in [0.1, 0.15) is 10.5 Å². The molecule has 1 heterocycles. The second-order valence-electron chi connectivity index (χ2n) is 3.56. The number of carbonyl (C=O) groups is 1. The van der Waals surface area contributed by atoms with Crippen molar-refractivity contribution in [2.45, 2.75) is 0 Å². The van der Waals surface area contributed by atoms with Crippen LogP contribution in [0, 0.1) is 0 Å². The third-order valence-corrected chi connectivity index (χ3v) is 2.61. The molecule has 0 saturated carbocycles. The number of benzene rings is 1. The maximum Gasteiger partial charge on any atom is 0.359 e. The van der Waals surface area contributed by atoms with E-state index < -0.39 is 5.97 Å². The van der Waals surface area contributed by atoms with E-state index in [9.17, 15) is 4.79 Å². The minimum atomic E-state index is -0.449. The fourth-order valence-corrected chi connectivity index (χ4v) is 1.70. The summed E-state index contributed by atoms with van der Waals surface area (Å²) in [6, 6.07) is 7.22. The predicted molar refractivity (Wildman–Crippen MR) is 65.0 cm³/mol. The molecule has 0 fully saturated rings. The van der Waals surface area contributed by atoms with Gasteiger partial charge in [-0.2, -0.15) is 5.10 Å². The molecule has 0 radical (unpaired) electrons. The van der Waals surface area contributed by atoms with E-state index in [0.29, 0.717) is 10.7 Å². The molecule has 5 heteroatoms. The first-order valence-electron chi connectivity index (χ1n) is 4.99. The Labute approximate surface area is 104 Å². The van der Waals surface area contributed by atoms with Crippen molar-refractivity contribution in [3.63, 3.8) is 0 Å². The Morgan fingerprint density at radius 2 is 2.00 bits per heavy atom. The van der Waals surface area contributed by atoms with Gasteiger partial charge in [0.05, 0.1) is 7.11 Å². The molecule has 0 aliphatic carbocycles. The maximum absolute atomic E-state index is 11.6. The van der Waals surface area contributed by atoms with Gasteiger partial charge in [-0.1, -0.05) is 23.7 Å². The lowest BCUT2D eigenvalue weighted by Crippen LogP contribution is -2.04. The highest BCUT2D eigenvalue weighted by molar-refractivity contribution is 6.30. The highest BCUT2D eigenvalue weighted by atomic mass is 35.5. The Morgan fingerprint density at radius 3 is 2.59 bits per heavy atom. The summed E-state index contributed by atoms with van der Waals surface area (Å²) in [5.74, 6) is -0.449. The molecule has 1 aromatic carbocycles. The van der Waals surface area contributed by atoms with Gasteiger partial charge in [-0.3, -0.25) is 4.68 Å². The van der Waals surface area contributed by atoms with Gasteiger partial charge in [0.1, 0.15) is 0 Å². The van der Waals surface area contributed by atoms with Gasteiger partial charge in [-0.25, -0.2) is 4.79 Å². The van der Waals surface area contributed by atoms with Crippen molar-refractivity contribution in [3.8, 4) is 11.1 Å². The van der Waals surface area contributed by atoms with E-state index in [-0.39, 0.29) is 0 Å². The monoisotopic (exact) mass is 250 g/mol. The second kappa shape index (κ2) is 4.59. The number of halogens is 1. The Kier molecular flexibility index (Phi) is 3.15. The van der Waals surface area contributed by atoms with Crippen LogP contribution in [0.4, 0.5) is 0 Å². The first-order chi connectivity index (χ1) is 8.11. The van der Waals surface area contributed by atoms with Crippen LogP contribution in [0.25, 0.3) is 11.1 Å². The first-order valence-corrected chi connectivity index (χ1v) is 5.37. The Morgan fingerprint density at radius 1 is 1.35 bits per heavy atom. The van der Waals surface area contributed by atoms with E-state index in [4.69, 9.17) is 16.3 Å². The van der Waals surface area contributed by atoms with Crippen molar-refractivity contribution in [3.05, 3.63) is 41.2 Å². The number of aromatic nitrogens is 2. The molecular weight excluding hydrogens is 240 g/mol. The number of nitrogens with zero attached hydrogens (tertiary/aromatic N) is 2. The molecule has 0 unspecified atom stereocenters. The summed E-state index contributed by atoms with van der Waals surface area (Å²) in [5.41, 5.74) is 1.91. The van der Waals surface area contributed by atoms with Crippen LogP contribution < -0.4 is 0 Å². The number of hydrogen-bond donors (Lipinski definition) is 0. The summed E-state index contributed by atoms with van der Waals surface area (Å²) in [4.78, 5) is 11.6. The van der Waals surface area contributed by atoms with Gasteiger partial charge in [0.2, 0.25) is 0 Å². The molecule has 0 atom stereocenters. The zero-order chi connectivity index (χ0) is 12.4. The molecule has 0 N–H and O–H groups in total. The Hall–Kier alpha value is -1.81. The van der Waals surface area contributed by atoms with Gasteiger partial charge >= 0.3 is 5.97 Å². The lowest BCUT2D eigenvalue weighted by atomic mass is 10.1. The van der Waals surface area contributed by atoms with E-state index in [1.165, 1.54) is 7.11 Å². The van der Waals surface area contributed by atoms with Crippen LogP contribution in [0.5, 0.6) is 0 Å². The van der Waals surface area contributed by atoms with Crippen LogP contribution in [0.15, 0.2) is 30.5 Å². The molecule has 17 heavy (non-hydrogen) atoms. The smallest absolute Gasteiger partial charge is 0.359 e. The molecule has 0 saturated heterocycles. The van der Waals surface area contributed by atoms with E-state index in [2.05, 4.69) is 5.10 Å². The quantitative estimate of drug-likeness (QED) is 0.770. The molecule has 0 aliphatic rings. The molecule has 2 rings (SSSR count). The molecule has 0 aliphatic heterocycles. The maximum atomic E-state index is 11.6. The Bertz CT molecular complexity index is 546. The summed E-state index contributed by atoms with van der Waals surface area (Å²) in [5, 5.41) is 4.74. The number of carbonyl (C=O) groups excluding carboxylic acids is 1. The Balaban J connectivity index is 2.51. The predicted octanol–water partition coefficient (Wildman–Crippen LogP) is 2.53. The van der Waals surface area contributed by atoms with Crippen molar-refractivity contribution >= 4 is 17.6 Å². The van der Waals surface area contributed by atoms with E-state index >= 15 is 0 Å². The fraction of sp³-hybridized carbons (Fsp3) is 0.167. The number of esters is 1. The van der Waals surface area contributed by atoms with Crippen LogP contribution in [-0.2, 0) is 11.8 Å². The lowest BCUT2D eigenvalue weighted by Gasteiger charge is -2.00. The van der Waals surface area contributed by atoms with Crippen LogP contribution >= 0.6 is 11.6 Å². The van der Waals surface area contributed by atoms with Gasteiger partial charge in [0, 0.05) is 23.8 Å². The van der Waals surface area contributed by atoms with Crippen LogP contribution in [0.3, 0.4) is 0 Å². The number of aryl methyl sites for hydroxylation is 1. The SMILES string of the molecule is COC(=O)c1nn(C)cc1-c1ccc(Cl)cc1. The van der Waals surface area contributed by atoms with E-state index in [0.717, 1.165) is 11.1 Å². The lowest BCUT2D eigenvalue weighted by molar-refractivity contribution is 0.0594. The van der Waals surface area contributed by atoms with Gasteiger partial charge in [-0.15, -0.1) is 0 Å². The number of ether oxygens (including phenoxy) is 1. The van der Waals surface area contributed by atoms with Crippen LogP contribution in [-0.4, -0.2) is 22.9 Å². The molecule has 0 bridgehead atoms. The zero-order valence-corrected chi connectivity index (χ0v) is 10.2. The average molecular weight is 251 g/mol. The highest BCUT2D eigenvalue weighted by Gasteiger charge is 2.17. The average Bonchev–Trinajstić information content (AvgIpc) is 2.71. The van der Waals surface area contributed by atoms with Gasteiger partial charge < -0.3 is 4.74 Å². The van der Waals surface area contributed by atoms with Crippen LogP contribution in [0.2, 0.25) is 5.02 Å². The third kappa shape index (κ3) is 2.31. The standard InChI is InChI=1S/C12H11ClN2O2/c1-15-7-10(11(14-15)12(16)17-2)8-3-5-9(13)6-4-8/h3-7H,1-2H3. The number of rotatable bonds is 2. The van der Waals surface area contributed by atoms with E-state index in [1.807, 2.05) is 12.1 Å². The summed E-state index contributed by atoms with van der Waals surface area (Å²) in [6.07, 6.45) is 1.77. The normalized spacial score (nSPS) is 10.3. The summed E-state index contributed by atoms with van der Waals surface area (Å²) >= 11 is 5.82. The molecule has 0 amide bonds. The molecule has 0 spiro atoms. The fourth-order valence-electron chi connectivity index (χ4n) is 1.58. The zero-order valence-electron chi connectivity index (χ0n) is 9.48. The summed E-state index contributed by atoms with van der Waals surface area (Å²) in [6.45, 7) is 0. The topological polar surface area (TPSA) is 44.1 Å². The minimum absolute atomic E-state index is 0.303. The van der Waals surface area contributed by atoms with Gasteiger partial charge in [0.25, 0.3) is 0 Å². The third-order valence-electron chi connectivity index (χ3n) is 2.36. The summed E-state index contributed by atoms with van der Waals surface area (Å²) in [7, 11) is 3.09. The van der Waals surface area contributed by atoms with Crippen molar-refractivity contribution in [1.82, 2.24) is 9.78 Å². The molecule has 1 aromatic heterocycles. The van der Waals surface area contributed by atoms with Crippen molar-refractivity contribution in [1.29, 1.82) is 0 Å². The number of methoxy groups -OCH3 is 1. The van der Waals surface area contributed by atoms with Crippen molar-refractivity contribution in [2.75, 3.05) is 7.11 Å². The summed E-state index contributed by atoms with van der Waals surface area (Å²) < 4.78 is 6.27. The van der Waals surface area contributed by atoms with E-state index in [1.54, 1.807) is 30.1 Å². The first kappa shape index (κ1) is 11.7. The second-order valence-corrected chi connectivity index (χ2v) is 4.00. The molecule has 88 valence electrons. The van der Waals surface area contributed by atoms with Crippen molar-refractivity contribution < 1.29 is 9.53 Å². The van der Waals surface area contributed by atoms with Gasteiger partial charge in [-0.05, 0) is 17.7 Å². The highest BCUT2D eigenvalue weighted by Crippen LogP contribution is 2.24. The van der Waals surface area contributed by atoms with Crippen molar-refractivity contribution in [2.24, 2.45) is 7.05 Å².